The normalized spacial score (nSPS) is 26.6. The van der Waals surface area contributed by atoms with Gasteiger partial charge in [0, 0.05) is 12.1 Å². The molecule has 8 nitrogen and oxygen atoms in total. The number of ketones is 2. The SMILES string of the molecule is CC(=O)[C@@H]1[C@H]2OC(=O)C[C@H]2O[C@@H]1[C@@H](Oc1cc(O)c2c(c1)O[C@H](c1ccccc1)CC2=O)c1ccccc1. The van der Waals surface area contributed by atoms with E-state index in [0.717, 1.165) is 11.1 Å². The minimum absolute atomic E-state index is 0.0723. The van der Waals surface area contributed by atoms with Crippen LogP contribution < -0.4 is 9.47 Å². The number of Topliss-reactive ketones (excluding diaryl/α,β-unsaturated/α-hetero) is 2. The van der Waals surface area contributed by atoms with Crippen LogP contribution in [0.1, 0.15) is 53.5 Å². The van der Waals surface area contributed by atoms with Gasteiger partial charge in [0.15, 0.2) is 11.9 Å². The highest BCUT2D eigenvalue weighted by molar-refractivity contribution is 6.02. The van der Waals surface area contributed by atoms with Gasteiger partial charge >= 0.3 is 5.97 Å². The second-order valence-corrected chi connectivity index (χ2v) is 9.84. The van der Waals surface area contributed by atoms with Crippen molar-refractivity contribution in [1.82, 2.24) is 0 Å². The molecule has 0 bridgehead atoms. The molecule has 0 radical (unpaired) electrons. The summed E-state index contributed by atoms with van der Waals surface area (Å²) >= 11 is 0. The first-order valence-electron chi connectivity index (χ1n) is 12.6. The third kappa shape index (κ3) is 4.31. The van der Waals surface area contributed by atoms with Gasteiger partial charge in [-0.05, 0) is 18.1 Å². The number of phenolic OH excluding ortho intramolecular Hbond substituents is 1. The lowest BCUT2D eigenvalue weighted by Crippen LogP contribution is -2.37. The topological polar surface area (TPSA) is 108 Å². The van der Waals surface area contributed by atoms with E-state index >= 15 is 0 Å². The summed E-state index contributed by atoms with van der Waals surface area (Å²) in [6, 6.07) is 21.6. The van der Waals surface area contributed by atoms with Gasteiger partial charge in [0.25, 0.3) is 0 Å². The zero-order valence-electron chi connectivity index (χ0n) is 20.6. The monoisotopic (exact) mass is 514 g/mol. The van der Waals surface area contributed by atoms with E-state index in [9.17, 15) is 19.5 Å². The van der Waals surface area contributed by atoms with Gasteiger partial charge in [-0.2, -0.15) is 0 Å². The Bertz CT molecular complexity index is 1390. The number of carbonyl (C=O) groups is 3. The molecule has 38 heavy (non-hydrogen) atoms. The van der Waals surface area contributed by atoms with E-state index in [1.807, 2.05) is 60.7 Å². The molecule has 0 saturated carbocycles. The molecule has 8 heteroatoms. The minimum atomic E-state index is -0.768. The minimum Gasteiger partial charge on any atom is -0.507 e. The number of fused-ring (bicyclic) bond motifs is 2. The van der Waals surface area contributed by atoms with Gasteiger partial charge in [-0.15, -0.1) is 0 Å². The van der Waals surface area contributed by atoms with Crippen molar-refractivity contribution in [1.29, 1.82) is 0 Å². The number of aromatic hydroxyl groups is 1. The maximum atomic E-state index is 12.9. The fourth-order valence-electron chi connectivity index (χ4n) is 5.63. The summed E-state index contributed by atoms with van der Waals surface area (Å²) in [4.78, 5) is 37.5. The highest BCUT2D eigenvalue weighted by Gasteiger charge is 2.56. The Kier molecular flexibility index (Phi) is 6.12. The number of carbonyl (C=O) groups excluding carboxylic acids is 3. The van der Waals surface area contributed by atoms with E-state index < -0.39 is 42.4 Å². The maximum absolute atomic E-state index is 12.9. The molecule has 0 aliphatic carbocycles. The lowest BCUT2D eigenvalue weighted by Gasteiger charge is -2.30. The Morgan fingerprint density at radius 1 is 0.974 bits per heavy atom. The molecule has 0 spiro atoms. The smallest absolute Gasteiger partial charge is 0.308 e. The van der Waals surface area contributed by atoms with Crippen molar-refractivity contribution < 1.29 is 38.4 Å². The van der Waals surface area contributed by atoms with Gasteiger partial charge in [0.2, 0.25) is 0 Å². The molecule has 3 heterocycles. The average molecular weight is 515 g/mol. The number of phenols is 1. The van der Waals surface area contributed by atoms with E-state index in [-0.39, 0.29) is 47.2 Å². The number of esters is 1. The van der Waals surface area contributed by atoms with Crippen LogP contribution in [0.4, 0.5) is 0 Å². The molecule has 0 unspecified atom stereocenters. The lowest BCUT2D eigenvalue weighted by atomic mass is 9.87. The first-order valence-corrected chi connectivity index (χ1v) is 12.6. The maximum Gasteiger partial charge on any atom is 0.308 e. The molecule has 3 aromatic rings. The van der Waals surface area contributed by atoms with Crippen LogP contribution in [0, 0.1) is 5.92 Å². The van der Waals surface area contributed by atoms with Gasteiger partial charge < -0.3 is 24.1 Å². The molecule has 2 fully saturated rings. The number of hydrogen-bond acceptors (Lipinski definition) is 8. The summed E-state index contributed by atoms with van der Waals surface area (Å²) in [7, 11) is 0. The molecule has 0 amide bonds. The van der Waals surface area contributed by atoms with Crippen molar-refractivity contribution >= 4 is 17.5 Å². The number of hydrogen-bond donors (Lipinski definition) is 1. The fourth-order valence-corrected chi connectivity index (χ4v) is 5.63. The molecule has 194 valence electrons. The number of benzene rings is 3. The van der Waals surface area contributed by atoms with Gasteiger partial charge in [-0.1, -0.05) is 60.7 Å². The zero-order valence-corrected chi connectivity index (χ0v) is 20.6. The van der Waals surface area contributed by atoms with E-state index in [1.54, 1.807) is 6.07 Å². The van der Waals surface area contributed by atoms with E-state index in [4.69, 9.17) is 18.9 Å². The highest BCUT2D eigenvalue weighted by atomic mass is 16.6. The van der Waals surface area contributed by atoms with Crippen LogP contribution >= 0.6 is 0 Å². The molecular formula is C30H26O8. The molecule has 3 aromatic carbocycles. The van der Waals surface area contributed by atoms with Crippen molar-refractivity contribution in [2.45, 2.75) is 50.3 Å². The summed E-state index contributed by atoms with van der Waals surface area (Å²) in [6.45, 7) is 1.45. The van der Waals surface area contributed by atoms with Crippen LogP contribution in [0.5, 0.6) is 17.2 Å². The van der Waals surface area contributed by atoms with Crippen molar-refractivity contribution in [2.24, 2.45) is 5.92 Å². The molecule has 0 aromatic heterocycles. The van der Waals surface area contributed by atoms with Crippen molar-refractivity contribution in [3.8, 4) is 17.2 Å². The molecule has 1 N–H and O–H groups in total. The lowest BCUT2D eigenvalue weighted by molar-refractivity contribution is -0.146. The Balaban J connectivity index is 1.35. The second-order valence-electron chi connectivity index (χ2n) is 9.84. The standard InChI is InChI=1S/C30H26O8/c1-16(31)26-29-24(15-25(34)38-29)37-30(26)28(18-10-6-3-7-11-18)35-19-12-20(32)27-21(33)14-22(36-23(27)13-19)17-8-4-2-5-9-17/h2-13,22,24,26,28-30,32H,14-15H2,1H3/t22-,24+,26+,28-,29-,30-/m0/s1. The van der Waals surface area contributed by atoms with Crippen molar-refractivity contribution in [2.75, 3.05) is 0 Å². The molecule has 3 aliphatic heterocycles. The predicted octanol–water partition coefficient (Wildman–Crippen LogP) is 4.51. The summed E-state index contributed by atoms with van der Waals surface area (Å²) in [5.74, 6) is -1.29. The van der Waals surface area contributed by atoms with Gasteiger partial charge in [-0.3, -0.25) is 14.4 Å². The summed E-state index contributed by atoms with van der Waals surface area (Å²) in [6.07, 6.45) is -3.04. The van der Waals surface area contributed by atoms with Crippen LogP contribution in [0.15, 0.2) is 72.8 Å². The van der Waals surface area contributed by atoms with E-state index in [0.29, 0.717) is 0 Å². The first kappa shape index (κ1) is 24.2. The molecule has 6 atom stereocenters. The molecule has 2 saturated heterocycles. The Morgan fingerprint density at radius 2 is 1.68 bits per heavy atom. The van der Waals surface area contributed by atoms with E-state index in [2.05, 4.69) is 0 Å². The van der Waals surface area contributed by atoms with Gasteiger partial charge in [-0.25, -0.2) is 0 Å². The average Bonchev–Trinajstić information content (AvgIpc) is 3.43. The van der Waals surface area contributed by atoms with Gasteiger partial charge in [0.1, 0.15) is 53.0 Å². The Labute approximate surface area is 219 Å². The largest absolute Gasteiger partial charge is 0.507 e. The summed E-state index contributed by atoms with van der Waals surface area (Å²) in [5.41, 5.74) is 1.71. The zero-order chi connectivity index (χ0) is 26.4. The van der Waals surface area contributed by atoms with Crippen LogP contribution in [0.3, 0.4) is 0 Å². The number of rotatable bonds is 6. The van der Waals surface area contributed by atoms with Crippen LogP contribution in [-0.4, -0.2) is 41.0 Å². The quantitative estimate of drug-likeness (QED) is 0.479. The molecule has 3 aliphatic rings. The van der Waals surface area contributed by atoms with E-state index in [1.165, 1.54) is 13.0 Å². The molecular weight excluding hydrogens is 488 g/mol. The van der Waals surface area contributed by atoms with Crippen molar-refractivity contribution in [3.05, 3.63) is 89.5 Å². The van der Waals surface area contributed by atoms with Crippen molar-refractivity contribution in [3.63, 3.8) is 0 Å². The first-order chi connectivity index (χ1) is 18.4. The third-order valence-corrected chi connectivity index (χ3v) is 7.35. The summed E-state index contributed by atoms with van der Waals surface area (Å²) in [5, 5.41) is 10.8. The van der Waals surface area contributed by atoms with Crippen LogP contribution in [0.2, 0.25) is 0 Å². The number of ether oxygens (including phenoxy) is 4. The van der Waals surface area contributed by atoms with Crippen LogP contribution in [-0.2, 0) is 19.1 Å². The summed E-state index contributed by atoms with van der Waals surface area (Å²) < 4.78 is 24.2. The second kappa shape index (κ2) is 9.61. The third-order valence-electron chi connectivity index (χ3n) is 7.35. The van der Waals surface area contributed by atoms with Crippen LogP contribution in [0.25, 0.3) is 0 Å². The predicted molar refractivity (Wildman–Crippen MR) is 134 cm³/mol. The Hall–Kier alpha value is -4.17. The highest BCUT2D eigenvalue weighted by Crippen LogP contribution is 2.46. The van der Waals surface area contributed by atoms with Gasteiger partial charge in [0.05, 0.1) is 18.8 Å². The molecule has 6 rings (SSSR count). The fraction of sp³-hybridized carbons (Fsp3) is 0.300. The Morgan fingerprint density at radius 3 is 2.39 bits per heavy atom.